The van der Waals surface area contributed by atoms with E-state index in [-0.39, 0.29) is 18.1 Å². The molecule has 0 bridgehead atoms. The van der Waals surface area contributed by atoms with Crippen molar-refractivity contribution in [2.45, 2.75) is 20.4 Å². The third kappa shape index (κ3) is 4.02. The molecule has 7 heteroatoms. The minimum atomic E-state index is -0.472. The van der Waals surface area contributed by atoms with Crippen LogP contribution >= 0.6 is 0 Å². The Labute approximate surface area is 126 Å². The number of aromatic nitrogens is 1. The highest BCUT2D eigenvalue weighted by Crippen LogP contribution is 2.12. The number of oxazole rings is 1. The maximum absolute atomic E-state index is 11.7. The second-order valence-corrected chi connectivity index (χ2v) is 4.65. The van der Waals surface area contributed by atoms with Crippen molar-refractivity contribution in [3.63, 3.8) is 0 Å². The minimum Gasteiger partial charge on any atom is -0.444 e. The highest BCUT2D eigenvalue weighted by molar-refractivity contribution is 5.91. The molecular formula is C15H15N3O4. The number of non-ortho nitro benzene ring substituents is 1. The third-order valence-corrected chi connectivity index (χ3v) is 3.02. The van der Waals surface area contributed by atoms with Gasteiger partial charge in [-0.1, -0.05) is 0 Å². The van der Waals surface area contributed by atoms with E-state index < -0.39 is 4.92 Å². The lowest BCUT2D eigenvalue weighted by molar-refractivity contribution is -0.384. The van der Waals surface area contributed by atoms with Gasteiger partial charge in [-0.25, -0.2) is 4.98 Å². The van der Waals surface area contributed by atoms with Crippen LogP contribution in [0.15, 0.2) is 34.8 Å². The van der Waals surface area contributed by atoms with E-state index in [0.29, 0.717) is 11.5 Å². The van der Waals surface area contributed by atoms with Crippen molar-refractivity contribution < 1.29 is 14.1 Å². The molecule has 0 fully saturated rings. The number of nitro groups is 1. The predicted octanol–water partition coefficient (Wildman–Crippen LogP) is 2.53. The standard InChI is InChI=1S/C15H15N3O4/c1-10-11(2)22-15(17-10)9-16-14(19)8-5-12-3-6-13(7-4-12)18(20)21/h3-8H,9H2,1-2H3,(H,16,19)/b8-5+. The number of carbonyl (C=O) groups is 1. The van der Waals surface area contributed by atoms with Gasteiger partial charge in [0.15, 0.2) is 0 Å². The first kappa shape index (κ1) is 15.4. The number of nitrogens with zero attached hydrogens (tertiary/aromatic N) is 2. The number of rotatable bonds is 5. The van der Waals surface area contributed by atoms with E-state index in [1.54, 1.807) is 18.2 Å². The third-order valence-electron chi connectivity index (χ3n) is 3.02. The Hall–Kier alpha value is -2.96. The van der Waals surface area contributed by atoms with Crippen LogP contribution in [0.25, 0.3) is 6.08 Å². The molecule has 1 heterocycles. The van der Waals surface area contributed by atoms with E-state index in [4.69, 9.17) is 4.42 Å². The van der Waals surface area contributed by atoms with E-state index in [1.807, 2.05) is 13.8 Å². The zero-order chi connectivity index (χ0) is 16.1. The molecule has 1 amide bonds. The lowest BCUT2D eigenvalue weighted by atomic mass is 10.2. The van der Waals surface area contributed by atoms with Crippen LogP contribution in [-0.4, -0.2) is 15.8 Å². The number of nitrogens with one attached hydrogen (secondary N) is 1. The van der Waals surface area contributed by atoms with Gasteiger partial charge in [-0.05, 0) is 37.6 Å². The van der Waals surface area contributed by atoms with Crippen LogP contribution in [0.5, 0.6) is 0 Å². The lowest BCUT2D eigenvalue weighted by Gasteiger charge is -1.98. The second-order valence-electron chi connectivity index (χ2n) is 4.65. The number of amides is 1. The van der Waals surface area contributed by atoms with Gasteiger partial charge >= 0.3 is 0 Å². The molecule has 114 valence electrons. The number of hydrogen-bond acceptors (Lipinski definition) is 5. The van der Waals surface area contributed by atoms with Gasteiger partial charge in [-0.2, -0.15) is 0 Å². The van der Waals surface area contributed by atoms with Crippen molar-refractivity contribution in [1.29, 1.82) is 0 Å². The number of hydrogen-bond donors (Lipinski definition) is 1. The molecule has 7 nitrogen and oxygen atoms in total. The summed E-state index contributed by atoms with van der Waals surface area (Å²) in [5.41, 5.74) is 1.51. The normalized spacial score (nSPS) is 10.8. The molecule has 0 aliphatic rings. The van der Waals surface area contributed by atoms with E-state index in [1.165, 1.54) is 18.2 Å². The summed E-state index contributed by atoms with van der Waals surface area (Å²) in [6, 6.07) is 5.91. The van der Waals surface area contributed by atoms with Crippen molar-refractivity contribution >= 4 is 17.7 Å². The molecule has 1 aromatic heterocycles. The van der Waals surface area contributed by atoms with E-state index in [2.05, 4.69) is 10.3 Å². The molecule has 0 atom stereocenters. The average molecular weight is 301 g/mol. The number of benzene rings is 1. The maximum atomic E-state index is 11.7. The Morgan fingerprint density at radius 3 is 2.59 bits per heavy atom. The number of aryl methyl sites for hydroxylation is 2. The Balaban J connectivity index is 1.89. The molecule has 0 unspecified atom stereocenters. The summed E-state index contributed by atoms with van der Waals surface area (Å²) < 4.78 is 5.35. The van der Waals surface area contributed by atoms with Gasteiger partial charge in [0.05, 0.1) is 17.2 Å². The fourth-order valence-electron chi connectivity index (χ4n) is 1.72. The van der Waals surface area contributed by atoms with E-state index >= 15 is 0 Å². The van der Waals surface area contributed by atoms with Crippen LogP contribution < -0.4 is 5.32 Å². The summed E-state index contributed by atoms with van der Waals surface area (Å²) in [5, 5.41) is 13.2. The van der Waals surface area contributed by atoms with Crippen molar-refractivity contribution in [3.05, 3.63) is 63.4 Å². The van der Waals surface area contributed by atoms with Gasteiger partial charge < -0.3 is 9.73 Å². The minimum absolute atomic E-state index is 0.0104. The molecule has 0 aliphatic heterocycles. The Bertz CT molecular complexity index is 697. The summed E-state index contributed by atoms with van der Waals surface area (Å²) in [5.74, 6) is 0.879. The molecule has 0 saturated heterocycles. The summed E-state index contributed by atoms with van der Waals surface area (Å²) in [6.45, 7) is 3.85. The van der Waals surface area contributed by atoms with E-state index in [9.17, 15) is 14.9 Å². The van der Waals surface area contributed by atoms with Gasteiger partial charge in [0.25, 0.3) is 5.69 Å². The van der Waals surface area contributed by atoms with Gasteiger partial charge in [-0.15, -0.1) is 0 Å². The Morgan fingerprint density at radius 2 is 2.05 bits per heavy atom. The van der Waals surface area contributed by atoms with Crippen molar-refractivity contribution in [2.75, 3.05) is 0 Å². The SMILES string of the molecule is Cc1nc(CNC(=O)/C=C/c2ccc([N+](=O)[O-])cc2)oc1C. The van der Waals surface area contributed by atoms with Crippen LogP contribution in [0.1, 0.15) is 22.9 Å². The molecule has 1 aromatic carbocycles. The fraction of sp³-hybridized carbons (Fsp3) is 0.200. The van der Waals surface area contributed by atoms with Crippen LogP contribution in [0.2, 0.25) is 0 Å². The second kappa shape index (κ2) is 6.66. The largest absolute Gasteiger partial charge is 0.444 e. The molecule has 0 saturated carbocycles. The highest BCUT2D eigenvalue weighted by atomic mass is 16.6. The van der Waals surface area contributed by atoms with Crippen LogP contribution in [0.4, 0.5) is 5.69 Å². The molecule has 0 spiro atoms. The molecule has 22 heavy (non-hydrogen) atoms. The quantitative estimate of drug-likeness (QED) is 0.520. The fourth-order valence-corrected chi connectivity index (χ4v) is 1.72. The highest BCUT2D eigenvalue weighted by Gasteiger charge is 2.06. The smallest absolute Gasteiger partial charge is 0.269 e. The lowest BCUT2D eigenvalue weighted by Crippen LogP contribution is -2.20. The zero-order valence-corrected chi connectivity index (χ0v) is 12.2. The van der Waals surface area contributed by atoms with Crippen molar-refractivity contribution in [1.82, 2.24) is 10.3 Å². The van der Waals surface area contributed by atoms with Gasteiger partial charge in [-0.3, -0.25) is 14.9 Å². The molecule has 0 radical (unpaired) electrons. The topological polar surface area (TPSA) is 98.3 Å². The molecule has 2 aromatic rings. The van der Waals surface area contributed by atoms with Crippen molar-refractivity contribution in [3.8, 4) is 0 Å². The predicted molar refractivity (Wildman–Crippen MR) is 80.0 cm³/mol. The summed E-state index contributed by atoms with van der Waals surface area (Å²) in [7, 11) is 0. The summed E-state index contributed by atoms with van der Waals surface area (Å²) in [4.78, 5) is 25.9. The van der Waals surface area contributed by atoms with E-state index in [0.717, 1.165) is 11.5 Å². The van der Waals surface area contributed by atoms with Crippen molar-refractivity contribution in [2.24, 2.45) is 0 Å². The number of nitro benzene ring substituents is 1. The molecular weight excluding hydrogens is 286 g/mol. The number of carbonyl (C=O) groups excluding carboxylic acids is 1. The first-order chi connectivity index (χ1) is 10.5. The van der Waals surface area contributed by atoms with Gasteiger partial charge in [0.1, 0.15) is 5.76 Å². The first-order valence-corrected chi connectivity index (χ1v) is 6.59. The molecule has 1 N–H and O–H groups in total. The Morgan fingerprint density at radius 1 is 1.36 bits per heavy atom. The Kier molecular flexibility index (Phi) is 4.67. The van der Waals surface area contributed by atoms with Gasteiger partial charge in [0, 0.05) is 18.2 Å². The van der Waals surface area contributed by atoms with Gasteiger partial charge in [0.2, 0.25) is 11.8 Å². The van der Waals surface area contributed by atoms with Crippen LogP contribution in [0, 0.1) is 24.0 Å². The molecule has 0 aliphatic carbocycles. The maximum Gasteiger partial charge on any atom is 0.269 e. The summed E-state index contributed by atoms with van der Waals surface area (Å²) in [6.07, 6.45) is 2.93. The first-order valence-electron chi connectivity index (χ1n) is 6.59. The average Bonchev–Trinajstić information content (AvgIpc) is 2.82. The monoisotopic (exact) mass is 301 g/mol. The van der Waals surface area contributed by atoms with Crippen LogP contribution in [-0.2, 0) is 11.3 Å². The zero-order valence-electron chi connectivity index (χ0n) is 12.2. The molecule has 2 rings (SSSR count). The van der Waals surface area contributed by atoms with Crippen LogP contribution in [0.3, 0.4) is 0 Å². The summed E-state index contributed by atoms with van der Waals surface area (Å²) >= 11 is 0.